The topological polar surface area (TPSA) is 29.1 Å². The molecule has 0 heterocycles. The Labute approximate surface area is 109 Å². The van der Waals surface area contributed by atoms with Crippen molar-refractivity contribution >= 4 is 12.0 Å². The fraction of sp³-hybridized carbons (Fsp3) is 0.188. The molecule has 2 rings (SSSR count). The fourth-order valence-corrected chi connectivity index (χ4v) is 1.54. The van der Waals surface area contributed by atoms with Gasteiger partial charge in [0.25, 0.3) is 0 Å². The number of anilines is 1. The Morgan fingerprint density at radius 3 is 1.94 bits per heavy atom. The van der Waals surface area contributed by atoms with Gasteiger partial charge in [-0.25, -0.2) is 0 Å². The molecule has 2 nitrogen and oxygen atoms in total. The molecule has 18 heavy (non-hydrogen) atoms. The monoisotopic (exact) mass is 241 g/mol. The van der Waals surface area contributed by atoms with E-state index in [9.17, 15) is 4.79 Å². The molecule has 0 aliphatic rings. The van der Waals surface area contributed by atoms with E-state index in [1.54, 1.807) is 6.07 Å². The summed E-state index contributed by atoms with van der Waals surface area (Å²) in [6.45, 7) is 4.05. The van der Waals surface area contributed by atoms with Crippen molar-refractivity contribution in [2.45, 2.75) is 13.8 Å². The Morgan fingerprint density at radius 1 is 0.944 bits per heavy atom. The number of carbonyl (C=O) groups is 1. The second-order valence-corrected chi connectivity index (χ2v) is 4.15. The number of rotatable bonds is 2. The number of nitrogens with one attached hydrogen (secondary N) is 1. The van der Waals surface area contributed by atoms with E-state index in [-0.39, 0.29) is 0 Å². The molecule has 0 radical (unpaired) electrons. The smallest absolute Gasteiger partial charge is 0.150 e. The van der Waals surface area contributed by atoms with Gasteiger partial charge in [-0.2, -0.15) is 0 Å². The highest BCUT2D eigenvalue weighted by Gasteiger charge is 1.86. The predicted octanol–water partition coefficient (Wildman–Crippen LogP) is 3.84. The molecule has 0 aliphatic heterocycles. The van der Waals surface area contributed by atoms with E-state index in [1.807, 2.05) is 44.3 Å². The van der Waals surface area contributed by atoms with Gasteiger partial charge in [0.15, 0.2) is 0 Å². The first-order valence-electron chi connectivity index (χ1n) is 5.92. The number of hydrogen-bond acceptors (Lipinski definition) is 2. The standard InChI is InChI=1S/C8H11N.C8H8O/c1-7-4-3-5-8(6-7)9-2;1-7-3-2-4-8(5-7)6-9/h3-6,9H,1-2H3;2-6H,1H3. The highest BCUT2D eigenvalue weighted by atomic mass is 16.1. The first-order valence-corrected chi connectivity index (χ1v) is 5.92. The molecular weight excluding hydrogens is 222 g/mol. The molecule has 0 saturated carbocycles. The first-order chi connectivity index (χ1) is 8.65. The van der Waals surface area contributed by atoms with Crippen molar-refractivity contribution in [3.05, 3.63) is 65.2 Å². The van der Waals surface area contributed by atoms with Crippen LogP contribution in [0.4, 0.5) is 5.69 Å². The maximum atomic E-state index is 10.2. The van der Waals surface area contributed by atoms with Crippen LogP contribution in [-0.4, -0.2) is 13.3 Å². The molecule has 0 aromatic heterocycles. The molecule has 0 saturated heterocycles. The lowest BCUT2D eigenvalue weighted by Crippen LogP contribution is -1.86. The molecule has 94 valence electrons. The number of carbonyl (C=O) groups excluding carboxylic acids is 1. The van der Waals surface area contributed by atoms with Crippen LogP contribution >= 0.6 is 0 Å². The third kappa shape index (κ3) is 4.83. The summed E-state index contributed by atoms with van der Waals surface area (Å²) < 4.78 is 0. The second kappa shape index (κ2) is 7.28. The Kier molecular flexibility index (Phi) is 5.65. The first kappa shape index (κ1) is 14.0. The van der Waals surface area contributed by atoms with Gasteiger partial charge in [-0.3, -0.25) is 4.79 Å². The molecule has 0 spiro atoms. The molecule has 0 aliphatic carbocycles. The van der Waals surface area contributed by atoms with Gasteiger partial charge >= 0.3 is 0 Å². The Hall–Kier alpha value is -2.09. The third-order valence-corrected chi connectivity index (χ3v) is 2.48. The van der Waals surface area contributed by atoms with Gasteiger partial charge in [0, 0.05) is 18.3 Å². The molecule has 2 aromatic carbocycles. The van der Waals surface area contributed by atoms with Crippen LogP contribution < -0.4 is 5.32 Å². The third-order valence-electron chi connectivity index (χ3n) is 2.48. The largest absolute Gasteiger partial charge is 0.388 e. The van der Waals surface area contributed by atoms with Gasteiger partial charge in [-0.1, -0.05) is 35.9 Å². The zero-order valence-corrected chi connectivity index (χ0v) is 11.1. The summed E-state index contributed by atoms with van der Waals surface area (Å²) in [5.41, 5.74) is 4.34. The van der Waals surface area contributed by atoms with Crippen LogP contribution in [0.15, 0.2) is 48.5 Å². The highest BCUT2D eigenvalue weighted by Crippen LogP contribution is 2.07. The van der Waals surface area contributed by atoms with Crippen LogP contribution in [0.25, 0.3) is 0 Å². The van der Waals surface area contributed by atoms with Crippen molar-refractivity contribution in [1.82, 2.24) is 0 Å². The van der Waals surface area contributed by atoms with E-state index in [0.29, 0.717) is 0 Å². The summed E-state index contributed by atoms with van der Waals surface area (Å²) >= 11 is 0. The minimum Gasteiger partial charge on any atom is -0.388 e. The van der Waals surface area contributed by atoms with Crippen molar-refractivity contribution in [3.8, 4) is 0 Å². The summed E-state index contributed by atoms with van der Waals surface area (Å²) in [5.74, 6) is 0. The molecule has 0 amide bonds. The van der Waals surface area contributed by atoms with E-state index < -0.39 is 0 Å². The van der Waals surface area contributed by atoms with Gasteiger partial charge in [-0.15, -0.1) is 0 Å². The number of hydrogen-bond donors (Lipinski definition) is 1. The second-order valence-electron chi connectivity index (χ2n) is 4.15. The van der Waals surface area contributed by atoms with Crippen molar-refractivity contribution in [2.24, 2.45) is 0 Å². The van der Waals surface area contributed by atoms with Crippen molar-refractivity contribution < 1.29 is 4.79 Å². The summed E-state index contributed by atoms with van der Waals surface area (Å²) in [6.07, 6.45) is 0.854. The molecule has 0 bridgehead atoms. The lowest BCUT2D eigenvalue weighted by Gasteiger charge is -1.98. The lowest BCUT2D eigenvalue weighted by molar-refractivity contribution is 0.112. The lowest BCUT2D eigenvalue weighted by atomic mass is 10.2. The molecule has 2 heteroatoms. The Bertz CT molecular complexity index is 506. The van der Waals surface area contributed by atoms with Crippen molar-refractivity contribution in [2.75, 3.05) is 12.4 Å². The van der Waals surface area contributed by atoms with E-state index in [2.05, 4.69) is 24.4 Å². The van der Waals surface area contributed by atoms with Gasteiger partial charge in [0.05, 0.1) is 0 Å². The minimum absolute atomic E-state index is 0.745. The van der Waals surface area contributed by atoms with E-state index >= 15 is 0 Å². The molecule has 1 N–H and O–H groups in total. The average Bonchev–Trinajstić information content (AvgIpc) is 2.39. The van der Waals surface area contributed by atoms with Crippen LogP contribution in [0.5, 0.6) is 0 Å². The Morgan fingerprint density at radius 2 is 1.56 bits per heavy atom. The van der Waals surface area contributed by atoms with Crippen LogP contribution in [-0.2, 0) is 0 Å². The fourth-order valence-electron chi connectivity index (χ4n) is 1.54. The van der Waals surface area contributed by atoms with Crippen molar-refractivity contribution in [1.29, 1.82) is 0 Å². The SMILES string of the molecule is CNc1cccc(C)c1.Cc1cccc(C=O)c1. The number of benzene rings is 2. The summed E-state index contributed by atoms with van der Waals surface area (Å²) in [7, 11) is 1.93. The van der Waals surface area contributed by atoms with Gasteiger partial charge in [-0.05, 0) is 37.6 Å². The summed E-state index contributed by atoms with van der Waals surface area (Å²) in [4.78, 5) is 10.2. The predicted molar refractivity (Wildman–Crippen MR) is 77.3 cm³/mol. The minimum atomic E-state index is 0.745. The van der Waals surface area contributed by atoms with Crippen LogP contribution in [0.2, 0.25) is 0 Å². The number of aldehydes is 1. The Balaban J connectivity index is 0.000000180. The molecule has 0 atom stereocenters. The quantitative estimate of drug-likeness (QED) is 0.809. The van der Waals surface area contributed by atoms with Crippen LogP contribution in [0.1, 0.15) is 21.5 Å². The summed E-state index contributed by atoms with van der Waals surface area (Å²) in [5, 5.41) is 3.07. The zero-order valence-electron chi connectivity index (χ0n) is 11.1. The van der Waals surface area contributed by atoms with Crippen molar-refractivity contribution in [3.63, 3.8) is 0 Å². The van der Waals surface area contributed by atoms with Gasteiger partial charge < -0.3 is 5.32 Å². The maximum Gasteiger partial charge on any atom is 0.150 e. The average molecular weight is 241 g/mol. The van der Waals surface area contributed by atoms with E-state index in [4.69, 9.17) is 0 Å². The van der Waals surface area contributed by atoms with E-state index in [1.165, 1.54) is 11.3 Å². The summed E-state index contributed by atoms with van der Waals surface area (Å²) in [6, 6.07) is 15.8. The van der Waals surface area contributed by atoms with Crippen LogP contribution in [0.3, 0.4) is 0 Å². The molecule has 0 unspecified atom stereocenters. The highest BCUT2D eigenvalue weighted by molar-refractivity contribution is 5.74. The van der Waals surface area contributed by atoms with Gasteiger partial charge in [0.1, 0.15) is 6.29 Å². The van der Waals surface area contributed by atoms with Gasteiger partial charge in [0.2, 0.25) is 0 Å². The van der Waals surface area contributed by atoms with Crippen LogP contribution in [0, 0.1) is 13.8 Å². The zero-order chi connectivity index (χ0) is 13.4. The van der Waals surface area contributed by atoms with E-state index in [0.717, 1.165) is 17.4 Å². The number of aryl methyl sites for hydroxylation is 2. The molecular formula is C16H19NO. The maximum absolute atomic E-state index is 10.2. The normalized spacial score (nSPS) is 9.06. The molecule has 2 aromatic rings. The molecule has 0 fully saturated rings.